The maximum atomic E-state index is 14.7. The summed E-state index contributed by atoms with van der Waals surface area (Å²) in [7, 11) is 0. The van der Waals surface area contributed by atoms with Crippen molar-refractivity contribution in [2.75, 3.05) is 31.1 Å². The van der Waals surface area contributed by atoms with Gasteiger partial charge in [-0.3, -0.25) is 14.4 Å². The molecule has 4 aliphatic rings. The first kappa shape index (κ1) is 28.9. The molecule has 40 heavy (non-hydrogen) atoms. The first-order valence-electron chi connectivity index (χ1n) is 14.9. The molecular weight excluding hydrogens is 522 g/mol. The Balaban J connectivity index is 1.63. The number of hydrogen-bond acceptors (Lipinski definition) is 5. The monoisotopic (exact) mass is 565 g/mol. The Morgan fingerprint density at radius 2 is 1.70 bits per heavy atom. The zero-order valence-electron chi connectivity index (χ0n) is 24.2. The van der Waals surface area contributed by atoms with Gasteiger partial charge in [0.15, 0.2) is 0 Å². The molecule has 0 aromatic heterocycles. The van der Waals surface area contributed by atoms with Gasteiger partial charge in [-0.25, -0.2) is 0 Å². The third-order valence-electron chi connectivity index (χ3n) is 9.52. The first-order chi connectivity index (χ1) is 19.2. The molecule has 8 heteroatoms. The number of para-hydroxylation sites is 1. The van der Waals surface area contributed by atoms with Crippen molar-refractivity contribution in [3.8, 4) is 0 Å². The highest BCUT2D eigenvalue weighted by Gasteiger charge is 2.74. The number of nitrogens with zero attached hydrogens (tertiary/aromatic N) is 3. The molecular formula is C32H43N3O4S. The van der Waals surface area contributed by atoms with Crippen LogP contribution in [-0.4, -0.2) is 80.4 Å². The average Bonchev–Trinajstić information content (AvgIpc) is 3.22. The molecule has 7 atom stereocenters. The number of benzene rings is 1. The Hall–Kier alpha value is -2.58. The number of unbranched alkanes of at least 4 members (excludes halogenated alkanes) is 2. The fourth-order valence-corrected chi connectivity index (χ4v) is 9.42. The molecule has 4 heterocycles. The lowest BCUT2D eigenvalue weighted by Crippen LogP contribution is -2.58. The number of anilines is 1. The normalized spacial score (nSPS) is 33.0. The Labute approximate surface area is 242 Å². The van der Waals surface area contributed by atoms with Gasteiger partial charge in [0, 0.05) is 30.1 Å². The third kappa shape index (κ3) is 4.51. The summed E-state index contributed by atoms with van der Waals surface area (Å²) in [4.78, 5) is 49.0. The van der Waals surface area contributed by atoms with E-state index in [2.05, 4.69) is 19.1 Å². The van der Waals surface area contributed by atoms with Gasteiger partial charge in [-0.2, -0.15) is 0 Å². The second-order valence-electron chi connectivity index (χ2n) is 12.0. The maximum Gasteiger partial charge on any atom is 0.247 e. The van der Waals surface area contributed by atoms with Crippen molar-refractivity contribution in [1.82, 2.24) is 9.80 Å². The standard InChI is InChI=1S/C32H43N3O4S/c1-5-7-11-18-33-19-13-17-32-26(29(38)35(27(32)30(33)39)24(21-36)22(3)6-2)25-28(37)34(23-14-9-8-10-15-23)20-12-16-31(25,4)40-32/h8-10,12-17,22,24-27,36H,5-7,11,18-21H2,1-4H3/t22-,24-,25+,26-,27?,31-,32-/m0/s1. The number of thioether (sulfide) groups is 1. The van der Waals surface area contributed by atoms with Crippen LogP contribution in [0.25, 0.3) is 0 Å². The number of likely N-dealkylation sites (tertiary alicyclic amines) is 1. The summed E-state index contributed by atoms with van der Waals surface area (Å²) < 4.78 is -1.55. The van der Waals surface area contributed by atoms with Gasteiger partial charge in [0.25, 0.3) is 0 Å². The number of amides is 3. The van der Waals surface area contributed by atoms with E-state index in [0.717, 1.165) is 31.4 Å². The molecule has 2 fully saturated rings. The summed E-state index contributed by atoms with van der Waals surface area (Å²) in [6.07, 6.45) is 12.0. The van der Waals surface area contributed by atoms with Gasteiger partial charge in [0.05, 0.1) is 29.2 Å². The van der Waals surface area contributed by atoms with Crippen LogP contribution in [0.15, 0.2) is 54.6 Å². The highest BCUT2D eigenvalue weighted by molar-refractivity contribution is 8.02. The molecule has 2 saturated heterocycles. The Morgan fingerprint density at radius 1 is 0.975 bits per heavy atom. The van der Waals surface area contributed by atoms with Crippen LogP contribution >= 0.6 is 11.8 Å². The van der Waals surface area contributed by atoms with Crippen LogP contribution in [0.4, 0.5) is 5.69 Å². The molecule has 1 aromatic rings. The lowest BCUT2D eigenvalue weighted by Gasteiger charge is -2.41. The Kier molecular flexibility index (Phi) is 8.22. The number of aliphatic hydroxyl groups is 1. The minimum Gasteiger partial charge on any atom is -0.394 e. The number of hydrogen-bond donors (Lipinski definition) is 1. The summed E-state index contributed by atoms with van der Waals surface area (Å²) in [6.45, 7) is 9.60. The van der Waals surface area contributed by atoms with Crippen molar-refractivity contribution in [2.45, 2.75) is 75.0 Å². The average molecular weight is 566 g/mol. The number of carbonyl (C=O) groups is 3. The molecule has 7 nitrogen and oxygen atoms in total. The smallest absolute Gasteiger partial charge is 0.247 e. The van der Waals surface area contributed by atoms with Gasteiger partial charge in [-0.15, -0.1) is 11.8 Å². The Bertz CT molecular complexity index is 1190. The van der Waals surface area contributed by atoms with E-state index in [0.29, 0.717) is 19.6 Å². The minimum absolute atomic E-state index is 0.000308. The van der Waals surface area contributed by atoms with Crippen LogP contribution in [0.2, 0.25) is 0 Å². The number of aliphatic hydroxyl groups excluding tert-OH is 1. The van der Waals surface area contributed by atoms with E-state index in [4.69, 9.17) is 0 Å². The highest BCUT2D eigenvalue weighted by Crippen LogP contribution is 2.66. The largest absolute Gasteiger partial charge is 0.394 e. The van der Waals surface area contributed by atoms with Crippen molar-refractivity contribution in [3.05, 3.63) is 54.6 Å². The van der Waals surface area contributed by atoms with E-state index in [-0.39, 0.29) is 30.2 Å². The molecule has 1 aromatic carbocycles. The molecule has 0 bridgehead atoms. The zero-order valence-corrected chi connectivity index (χ0v) is 25.0. The van der Waals surface area contributed by atoms with E-state index in [9.17, 15) is 19.5 Å². The second kappa shape index (κ2) is 11.4. The molecule has 3 amide bonds. The van der Waals surface area contributed by atoms with Gasteiger partial charge >= 0.3 is 0 Å². The zero-order chi connectivity index (χ0) is 28.7. The van der Waals surface area contributed by atoms with E-state index < -0.39 is 33.4 Å². The maximum absolute atomic E-state index is 14.7. The van der Waals surface area contributed by atoms with Crippen LogP contribution in [0, 0.1) is 17.8 Å². The van der Waals surface area contributed by atoms with E-state index in [1.807, 2.05) is 68.2 Å². The Morgan fingerprint density at radius 3 is 2.38 bits per heavy atom. The van der Waals surface area contributed by atoms with E-state index in [1.165, 1.54) is 0 Å². The van der Waals surface area contributed by atoms with Crippen molar-refractivity contribution >= 4 is 35.2 Å². The summed E-state index contributed by atoms with van der Waals surface area (Å²) in [5, 5.41) is 10.6. The SMILES string of the molecule is CCCCCN1CC=C[C@]23S[C@@]4(C)C=CCN(c5ccccc5)C(=O)[C@H]4[C@H]2C(=O)N([C@@H](CO)[C@@H](C)CC)C3C1=O. The van der Waals surface area contributed by atoms with Crippen molar-refractivity contribution in [2.24, 2.45) is 17.8 Å². The van der Waals surface area contributed by atoms with Crippen LogP contribution in [-0.2, 0) is 14.4 Å². The summed E-state index contributed by atoms with van der Waals surface area (Å²) in [6, 6.07) is 8.34. The molecule has 1 unspecified atom stereocenters. The lowest BCUT2D eigenvalue weighted by molar-refractivity contribution is -0.147. The minimum atomic E-state index is -0.895. The molecule has 0 saturated carbocycles. The van der Waals surface area contributed by atoms with Crippen LogP contribution in [0.1, 0.15) is 53.4 Å². The van der Waals surface area contributed by atoms with Gasteiger partial charge in [-0.05, 0) is 31.4 Å². The predicted octanol–water partition coefficient (Wildman–Crippen LogP) is 4.27. The van der Waals surface area contributed by atoms with Crippen molar-refractivity contribution in [3.63, 3.8) is 0 Å². The van der Waals surface area contributed by atoms with E-state index >= 15 is 0 Å². The molecule has 0 radical (unpaired) electrons. The summed E-state index contributed by atoms with van der Waals surface area (Å²) >= 11 is 1.60. The molecule has 216 valence electrons. The van der Waals surface area contributed by atoms with Crippen LogP contribution in [0.3, 0.4) is 0 Å². The summed E-state index contributed by atoms with van der Waals surface area (Å²) in [5.41, 5.74) is 0.800. The molecule has 5 rings (SSSR count). The van der Waals surface area contributed by atoms with E-state index in [1.54, 1.807) is 21.6 Å². The van der Waals surface area contributed by atoms with Gasteiger partial charge in [-0.1, -0.05) is 82.5 Å². The number of fused-ring (bicyclic) bond motifs is 2. The number of rotatable bonds is 9. The quantitative estimate of drug-likeness (QED) is 0.357. The lowest BCUT2D eigenvalue weighted by atomic mass is 9.74. The number of carbonyl (C=O) groups excluding carboxylic acids is 3. The summed E-state index contributed by atoms with van der Waals surface area (Å²) in [5.74, 6) is -1.69. The molecule has 1 spiro atoms. The van der Waals surface area contributed by atoms with Gasteiger partial charge in [0.1, 0.15) is 6.04 Å². The van der Waals surface area contributed by atoms with Gasteiger partial charge < -0.3 is 19.8 Å². The van der Waals surface area contributed by atoms with Crippen LogP contribution in [0.5, 0.6) is 0 Å². The highest BCUT2D eigenvalue weighted by atomic mass is 32.2. The van der Waals surface area contributed by atoms with Crippen molar-refractivity contribution < 1.29 is 19.5 Å². The van der Waals surface area contributed by atoms with Crippen molar-refractivity contribution in [1.29, 1.82) is 0 Å². The fraction of sp³-hybridized carbons (Fsp3) is 0.594. The van der Waals surface area contributed by atoms with Gasteiger partial charge in [0.2, 0.25) is 17.7 Å². The molecule has 4 aliphatic heterocycles. The third-order valence-corrected chi connectivity index (χ3v) is 11.3. The molecule has 0 aliphatic carbocycles. The topological polar surface area (TPSA) is 81.2 Å². The molecule has 1 N–H and O–H groups in total. The first-order valence-corrected chi connectivity index (χ1v) is 15.7. The predicted molar refractivity (Wildman–Crippen MR) is 160 cm³/mol. The fourth-order valence-electron chi connectivity index (χ4n) is 7.27. The second-order valence-corrected chi connectivity index (χ2v) is 13.7. The van der Waals surface area contributed by atoms with Crippen LogP contribution < -0.4 is 4.90 Å².